The number of amides is 1. The highest BCUT2D eigenvalue weighted by molar-refractivity contribution is 5.90. The highest BCUT2D eigenvalue weighted by Gasteiger charge is 2.35. The third kappa shape index (κ3) is 2.58. The van der Waals surface area contributed by atoms with E-state index in [-0.39, 0.29) is 13.2 Å². The zero-order chi connectivity index (χ0) is 13.1. The minimum absolute atomic E-state index is 0.0254. The number of carbonyl (C=O) groups is 2. The van der Waals surface area contributed by atoms with Gasteiger partial charge in [0.15, 0.2) is 0 Å². The van der Waals surface area contributed by atoms with E-state index in [2.05, 4.69) is 0 Å². The lowest BCUT2D eigenvalue weighted by molar-refractivity contribution is -0.141. The summed E-state index contributed by atoms with van der Waals surface area (Å²) in [4.78, 5) is 23.6. The van der Waals surface area contributed by atoms with Gasteiger partial charge in [-0.25, -0.2) is 9.18 Å². The summed E-state index contributed by atoms with van der Waals surface area (Å²) in [5.74, 6) is -0.882. The molecule has 0 unspecified atom stereocenters. The second-order valence-electron chi connectivity index (χ2n) is 3.88. The molecule has 6 heteroatoms. The Morgan fingerprint density at radius 2 is 2.39 bits per heavy atom. The summed E-state index contributed by atoms with van der Waals surface area (Å²) in [7, 11) is 0. The zero-order valence-electron chi connectivity index (χ0n) is 9.76. The zero-order valence-corrected chi connectivity index (χ0v) is 9.76. The first kappa shape index (κ1) is 12.3. The van der Waals surface area contributed by atoms with Crippen LogP contribution in [0.15, 0.2) is 24.3 Å². The first-order valence-electron chi connectivity index (χ1n) is 5.43. The van der Waals surface area contributed by atoms with Crippen LogP contribution in [0.2, 0.25) is 0 Å². The van der Waals surface area contributed by atoms with Crippen molar-refractivity contribution in [3.05, 3.63) is 30.1 Å². The molecule has 0 N–H and O–H groups in total. The average molecular weight is 253 g/mol. The molecule has 0 aliphatic carbocycles. The molecule has 1 saturated heterocycles. The molecule has 96 valence electrons. The van der Waals surface area contributed by atoms with E-state index in [9.17, 15) is 14.0 Å². The van der Waals surface area contributed by atoms with Crippen LogP contribution in [-0.2, 0) is 14.3 Å². The van der Waals surface area contributed by atoms with Crippen molar-refractivity contribution in [3.8, 4) is 0 Å². The van der Waals surface area contributed by atoms with Crippen molar-refractivity contribution in [2.24, 2.45) is 0 Å². The molecule has 1 aromatic carbocycles. The predicted octanol–water partition coefficient (Wildman–Crippen LogP) is 1.71. The lowest BCUT2D eigenvalue weighted by atomic mass is 10.2. The number of benzene rings is 1. The summed E-state index contributed by atoms with van der Waals surface area (Å²) < 4.78 is 22.9. The third-order valence-electron chi connectivity index (χ3n) is 2.53. The molecule has 1 aliphatic heterocycles. The maximum absolute atomic E-state index is 13.1. The van der Waals surface area contributed by atoms with Gasteiger partial charge in [-0.3, -0.25) is 9.69 Å². The standard InChI is InChI=1S/C12H12FNO4/c1-8(15)17-6-11-7-18-12(16)14(11)10-4-2-3-9(13)5-10/h2-5,11H,6-7H2,1H3/t11-/m1/s1. The maximum atomic E-state index is 13.1. The summed E-state index contributed by atoms with van der Waals surface area (Å²) in [5, 5.41) is 0. The molecule has 1 aromatic rings. The topological polar surface area (TPSA) is 55.8 Å². The van der Waals surface area contributed by atoms with Crippen molar-refractivity contribution >= 4 is 17.7 Å². The van der Waals surface area contributed by atoms with Gasteiger partial charge in [0.2, 0.25) is 0 Å². The molecule has 1 fully saturated rings. The fraction of sp³-hybridized carbons (Fsp3) is 0.333. The van der Waals surface area contributed by atoms with Gasteiger partial charge in [0, 0.05) is 6.92 Å². The monoisotopic (exact) mass is 253 g/mol. The van der Waals surface area contributed by atoms with E-state index < -0.39 is 23.9 Å². The van der Waals surface area contributed by atoms with Gasteiger partial charge in [-0.15, -0.1) is 0 Å². The fourth-order valence-electron chi connectivity index (χ4n) is 1.74. The Labute approximate surface area is 103 Å². The SMILES string of the molecule is CC(=O)OC[C@@H]1COC(=O)N1c1cccc(F)c1. The Hall–Kier alpha value is -2.11. The largest absolute Gasteiger partial charge is 0.464 e. The predicted molar refractivity (Wildman–Crippen MR) is 60.6 cm³/mol. The molecule has 0 saturated carbocycles. The number of cyclic esters (lactones) is 1. The molecule has 18 heavy (non-hydrogen) atoms. The van der Waals surface area contributed by atoms with Crippen LogP contribution < -0.4 is 4.90 Å². The van der Waals surface area contributed by atoms with Gasteiger partial charge in [0.25, 0.3) is 0 Å². The van der Waals surface area contributed by atoms with E-state index in [4.69, 9.17) is 9.47 Å². The lowest BCUT2D eigenvalue weighted by Gasteiger charge is -2.20. The molecule has 0 bridgehead atoms. The quantitative estimate of drug-likeness (QED) is 0.769. The lowest BCUT2D eigenvalue weighted by Crippen LogP contribution is -2.37. The third-order valence-corrected chi connectivity index (χ3v) is 2.53. The van der Waals surface area contributed by atoms with Crippen LogP contribution in [-0.4, -0.2) is 31.3 Å². The summed E-state index contributed by atoms with van der Waals surface area (Å²) in [6.07, 6.45) is -0.572. The van der Waals surface area contributed by atoms with E-state index in [0.717, 1.165) is 0 Å². The Balaban J connectivity index is 2.17. The molecular weight excluding hydrogens is 241 g/mol. The number of anilines is 1. The maximum Gasteiger partial charge on any atom is 0.414 e. The first-order chi connectivity index (χ1) is 8.58. The molecule has 0 spiro atoms. The number of nitrogens with zero attached hydrogens (tertiary/aromatic N) is 1. The Bertz CT molecular complexity index is 477. The molecule has 2 rings (SSSR count). The minimum Gasteiger partial charge on any atom is -0.464 e. The van der Waals surface area contributed by atoms with Crippen molar-refractivity contribution in [2.45, 2.75) is 13.0 Å². The number of esters is 1. The van der Waals surface area contributed by atoms with E-state index in [1.54, 1.807) is 6.07 Å². The van der Waals surface area contributed by atoms with Crippen molar-refractivity contribution in [1.29, 1.82) is 0 Å². The van der Waals surface area contributed by atoms with Gasteiger partial charge in [0.05, 0.1) is 5.69 Å². The smallest absolute Gasteiger partial charge is 0.414 e. The number of hydrogen-bond donors (Lipinski definition) is 0. The normalized spacial score (nSPS) is 18.7. The van der Waals surface area contributed by atoms with Crippen molar-refractivity contribution in [1.82, 2.24) is 0 Å². The van der Waals surface area contributed by atoms with E-state index in [0.29, 0.717) is 5.69 Å². The Kier molecular flexibility index (Phi) is 3.45. The highest BCUT2D eigenvalue weighted by Crippen LogP contribution is 2.23. The van der Waals surface area contributed by atoms with E-state index in [1.165, 1.54) is 30.0 Å². The van der Waals surface area contributed by atoms with Crippen molar-refractivity contribution < 1.29 is 23.5 Å². The van der Waals surface area contributed by atoms with Crippen LogP contribution in [0.5, 0.6) is 0 Å². The number of rotatable bonds is 3. The number of hydrogen-bond acceptors (Lipinski definition) is 4. The van der Waals surface area contributed by atoms with Crippen LogP contribution in [0.25, 0.3) is 0 Å². The first-order valence-corrected chi connectivity index (χ1v) is 5.43. The highest BCUT2D eigenvalue weighted by atomic mass is 19.1. The average Bonchev–Trinajstić information content (AvgIpc) is 2.68. The van der Waals surface area contributed by atoms with Crippen molar-refractivity contribution in [2.75, 3.05) is 18.1 Å². The molecule has 1 aliphatic rings. The number of carbonyl (C=O) groups excluding carboxylic acids is 2. The van der Waals surface area contributed by atoms with Gasteiger partial charge in [0.1, 0.15) is 25.1 Å². The van der Waals surface area contributed by atoms with Gasteiger partial charge in [-0.05, 0) is 18.2 Å². The molecule has 0 aromatic heterocycles. The number of halogens is 1. The Morgan fingerprint density at radius 3 is 3.06 bits per heavy atom. The summed E-state index contributed by atoms with van der Waals surface area (Å²) in [6, 6.07) is 5.18. The minimum atomic E-state index is -0.572. The molecule has 0 radical (unpaired) electrons. The van der Waals surface area contributed by atoms with Gasteiger partial charge in [-0.1, -0.05) is 6.07 Å². The summed E-state index contributed by atoms with van der Waals surface area (Å²) in [5.41, 5.74) is 0.384. The van der Waals surface area contributed by atoms with Crippen LogP contribution >= 0.6 is 0 Å². The molecule has 1 heterocycles. The second kappa shape index (κ2) is 5.03. The van der Waals surface area contributed by atoms with Crippen LogP contribution in [0.3, 0.4) is 0 Å². The van der Waals surface area contributed by atoms with Crippen LogP contribution in [0, 0.1) is 5.82 Å². The molecule has 5 nitrogen and oxygen atoms in total. The van der Waals surface area contributed by atoms with Crippen LogP contribution in [0.4, 0.5) is 14.9 Å². The molecular formula is C12H12FNO4. The van der Waals surface area contributed by atoms with Gasteiger partial charge < -0.3 is 9.47 Å². The van der Waals surface area contributed by atoms with E-state index in [1.807, 2.05) is 0 Å². The van der Waals surface area contributed by atoms with E-state index >= 15 is 0 Å². The van der Waals surface area contributed by atoms with Crippen LogP contribution in [0.1, 0.15) is 6.92 Å². The number of ether oxygens (including phenoxy) is 2. The fourth-order valence-corrected chi connectivity index (χ4v) is 1.74. The van der Waals surface area contributed by atoms with Crippen molar-refractivity contribution in [3.63, 3.8) is 0 Å². The summed E-state index contributed by atoms with van der Waals surface area (Å²) >= 11 is 0. The Morgan fingerprint density at radius 1 is 1.61 bits per heavy atom. The van der Waals surface area contributed by atoms with Gasteiger partial charge >= 0.3 is 12.1 Å². The molecule has 1 atom stereocenters. The molecule has 1 amide bonds. The summed E-state index contributed by atoms with van der Waals surface area (Å²) in [6.45, 7) is 1.42. The second-order valence-corrected chi connectivity index (χ2v) is 3.88. The van der Waals surface area contributed by atoms with Gasteiger partial charge in [-0.2, -0.15) is 0 Å².